The molecule has 0 unspecified atom stereocenters. The maximum atomic E-state index is 11.6. The van der Waals surface area contributed by atoms with E-state index >= 15 is 0 Å². The largest absolute Gasteiger partial charge is 0.454 e. The zero-order valence-electron chi connectivity index (χ0n) is 18.5. The monoisotopic (exact) mass is 455 g/mol. The minimum Gasteiger partial charge on any atom is -0.454 e. The van der Waals surface area contributed by atoms with Crippen molar-refractivity contribution >= 4 is 5.97 Å². The minimum atomic E-state index is -1.44. The van der Waals surface area contributed by atoms with Crippen LogP contribution >= 0.6 is 0 Å². The molecule has 0 bridgehead atoms. The fourth-order valence-electron chi connectivity index (χ4n) is 3.74. The molecule has 0 amide bonds. The Bertz CT molecular complexity index is 907. The van der Waals surface area contributed by atoms with Gasteiger partial charge < -0.3 is 24.1 Å². The highest BCUT2D eigenvalue weighted by molar-refractivity contribution is 5.66. The van der Waals surface area contributed by atoms with E-state index in [4.69, 9.17) is 24.5 Å². The van der Waals surface area contributed by atoms with Crippen molar-refractivity contribution in [1.82, 2.24) is 0 Å². The second-order valence-corrected chi connectivity index (χ2v) is 7.72. The number of hydrogen-bond acceptors (Lipinski definition) is 7. The number of nitrogens with zero attached hydrogens (tertiary/aromatic N) is 3. The summed E-state index contributed by atoms with van der Waals surface area (Å²) in [4.78, 5) is 14.5. The minimum absolute atomic E-state index is 0.0823. The highest BCUT2D eigenvalue weighted by atomic mass is 16.7. The first-order chi connectivity index (χ1) is 16.1. The van der Waals surface area contributed by atoms with Crippen LogP contribution < -0.4 is 0 Å². The number of carbonyl (C=O) groups is 1. The Balaban J connectivity index is 1.65. The van der Waals surface area contributed by atoms with Gasteiger partial charge in [0.1, 0.15) is 6.10 Å². The molecule has 3 rings (SSSR count). The maximum Gasteiger partial charge on any atom is 0.303 e. The Labute approximate surface area is 192 Å². The van der Waals surface area contributed by atoms with Gasteiger partial charge in [0.15, 0.2) is 12.4 Å². The van der Waals surface area contributed by atoms with E-state index in [1.807, 2.05) is 60.7 Å². The molecule has 0 radical (unpaired) electrons. The molecule has 1 aliphatic heterocycles. The number of aliphatic hydroxyl groups excluding tert-OH is 1. The van der Waals surface area contributed by atoms with Gasteiger partial charge in [-0.2, -0.15) is 0 Å². The molecular weight excluding hydrogens is 426 g/mol. The van der Waals surface area contributed by atoms with Crippen LogP contribution in [0.15, 0.2) is 65.8 Å². The van der Waals surface area contributed by atoms with Crippen molar-refractivity contribution in [2.45, 2.75) is 50.4 Å². The Hall–Kier alpha value is -2.94. The van der Waals surface area contributed by atoms with Gasteiger partial charge >= 0.3 is 5.97 Å². The second-order valence-electron chi connectivity index (χ2n) is 7.72. The standard InChI is InChI=1S/C24H29N3O6/c1-17(28)32-23-22(31-15-13-19-10-6-3-7-11-19)21(26-27-25)20(33-24(23)29)16-30-14-12-18-8-4-2-5-9-18/h2-11,20-24,29H,12-16H2,1H3/t20-,21+,22+,23-,24-/m1/s1. The molecule has 1 N–H and O–H groups in total. The molecule has 1 heterocycles. The summed E-state index contributed by atoms with van der Waals surface area (Å²) in [5.74, 6) is -0.600. The summed E-state index contributed by atoms with van der Waals surface area (Å²) in [5, 5.41) is 14.4. The molecule has 0 saturated carbocycles. The van der Waals surface area contributed by atoms with E-state index in [0.717, 1.165) is 11.1 Å². The van der Waals surface area contributed by atoms with E-state index in [1.165, 1.54) is 6.92 Å². The summed E-state index contributed by atoms with van der Waals surface area (Å²) in [7, 11) is 0. The summed E-state index contributed by atoms with van der Waals surface area (Å²) in [6.07, 6.45) is -2.92. The van der Waals surface area contributed by atoms with Crippen LogP contribution in [0, 0.1) is 0 Å². The number of azide groups is 1. The molecule has 2 aromatic rings. The van der Waals surface area contributed by atoms with Crippen molar-refractivity contribution in [3.63, 3.8) is 0 Å². The molecule has 1 saturated heterocycles. The molecule has 176 valence electrons. The summed E-state index contributed by atoms with van der Waals surface area (Å²) in [6, 6.07) is 18.8. The molecule has 1 fully saturated rings. The summed E-state index contributed by atoms with van der Waals surface area (Å²) >= 11 is 0. The van der Waals surface area contributed by atoms with Crippen LogP contribution in [0.1, 0.15) is 18.1 Å². The van der Waals surface area contributed by atoms with Crippen LogP contribution in [-0.4, -0.2) is 61.5 Å². The van der Waals surface area contributed by atoms with Crippen LogP contribution in [-0.2, 0) is 36.6 Å². The van der Waals surface area contributed by atoms with Gasteiger partial charge in [-0.3, -0.25) is 4.79 Å². The smallest absolute Gasteiger partial charge is 0.303 e. The zero-order chi connectivity index (χ0) is 23.5. The van der Waals surface area contributed by atoms with Crippen LogP contribution in [0.3, 0.4) is 0 Å². The van der Waals surface area contributed by atoms with Crippen molar-refractivity contribution in [2.75, 3.05) is 19.8 Å². The molecule has 33 heavy (non-hydrogen) atoms. The molecule has 9 heteroatoms. The number of benzene rings is 2. The Morgan fingerprint density at radius 1 is 1.03 bits per heavy atom. The lowest BCUT2D eigenvalue weighted by Gasteiger charge is -2.42. The third kappa shape index (κ3) is 7.56. The third-order valence-electron chi connectivity index (χ3n) is 5.33. The lowest BCUT2D eigenvalue weighted by Crippen LogP contribution is -2.60. The fraction of sp³-hybridized carbons (Fsp3) is 0.458. The SMILES string of the molecule is CC(=O)O[C@@H]1[C@@H](OCCc2ccccc2)[C@@H](N=[N+]=[N-])[C@@H](COCCc2ccccc2)O[C@H]1O. The van der Waals surface area contributed by atoms with Crippen molar-refractivity contribution in [3.05, 3.63) is 82.2 Å². The van der Waals surface area contributed by atoms with Crippen LogP contribution in [0.25, 0.3) is 10.4 Å². The normalized spacial score (nSPS) is 24.6. The van der Waals surface area contributed by atoms with Gasteiger partial charge in [-0.1, -0.05) is 65.8 Å². The van der Waals surface area contributed by atoms with E-state index in [9.17, 15) is 9.90 Å². The average Bonchev–Trinajstić information content (AvgIpc) is 2.82. The quantitative estimate of drug-likeness (QED) is 0.182. The highest BCUT2D eigenvalue weighted by Gasteiger charge is 2.47. The van der Waals surface area contributed by atoms with Gasteiger partial charge in [0, 0.05) is 11.8 Å². The van der Waals surface area contributed by atoms with E-state index in [2.05, 4.69) is 10.0 Å². The number of esters is 1. The first-order valence-corrected chi connectivity index (χ1v) is 10.9. The predicted octanol–water partition coefficient (Wildman–Crippen LogP) is 3.20. The van der Waals surface area contributed by atoms with E-state index in [0.29, 0.717) is 19.4 Å². The van der Waals surface area contributed by atoms with Gasteiger partial charge in [0.05, 0.1) is 32.0 Å². The number of rotatable bonds is 11. The molecule has 2 aromatic carbocycles. The van der Waals surface area contributed by atoms with Crippen molar-refractivity contribution in [3.8, 4) is 0 Å². The highest BCUT2D eigenvalue weighted by Crippen LogP contribution is 2.28. The predicted molar refractivity (Wildman–Crippen MR) is 120 cm³/mol. The molecule has 5 atom stereocenters. The van der Waals surface area contributed by atoms with Gasteiger partial charge in [0.2, 0.25) is 0 Å². The third-order valence-corrected chi connectivity index (χ3v) is 5.33. The van der Waals surface area contributed by atoms with Crippen molar-refractivity contribution in [1.29, 1.82) is 0 Å². The average molecular weight is 456 g/mol. The number of hydrogen-bond donors (Lipinski definition) is 1. The van der Waals surface area contributed by atoms with Gasteiger partial charge in [-0.05, 0) is 29.5 Å². The van der Waals surface area contributed by atoms with Gasteiger partial charge in [-0.15, -0.1) is 0 Å². The Morgan fingerprint density at radius 2 is 1.64 bits per heavy atom. The summed E-state index contributed by atoms with van der Waals surface area (Å²) < 4.78 is 22.6. The number of aliphatic hydroxyl groups is 1. The molecule has 1 aliphatic rings. The van der Waals surface area contributed by atoms with E-state index < -0.39 is 36.6 Å². The molecule has 0 aliphatic carbocycles. The van der Waals surface area contributed by atoms with Crippen LogP contribution in [0.4, 0.5) is 0 Å². The first-order valence-electron chi connectivity index (χ1n) is 10.9. The lowest BCUT2D eigenvalue weighted by molar-refractivity contribution is -0.273. The lowest BCUT2D eigenvalue weighted by atomic mass is 9.96. The number of carbonyl (C=O) groups excluding carboxylic acids is 1. The Kier molecular flexibility index (Phi) is 9.68. The molecular formula is C24H29N3O6. The maximum absolute atomic E-state index is 11.6. The van der Waals surface area contributed by atoms with Crippen molar-refractivity contribution in [2.24, 2.45) is 5.11 Å². The topological polar surface area (TPSA) is 123 Å². The van der Waals surface area contributed by atoms with Crippen LogP contribution in [0.2, 0.25) is 0 Å². The molecule has 0 aromatic heterocycles. The van der Waals surface area contributed by atoms with E-state index in [1.54, 1.807) is 0 Å². The fourth-order valence-corrected chi connectivity index (χ4v) is 3.74. The van der Waals surface area contributed by atoms with E-state index in [-0.39, 0.29) is 13.2 Å². The summed E-state index contributed by atoms with van der Waals surface area (Å²) in [5.41, 5.74) is 11.3. The summed E-state index contributed by atoms with van der Waals surface area (Å²) in [6.45, 7) is 2.02. The van der Waals surface area contributed by atoms with Gasteiger partial charge in [-0.25, -0.2) is 0 Å². The van der Waals surface area contributed by atoms with Crippen molar-refractivity contribution < 1.29 is 28.8 Å². The Morgan fingerprint density at radius 3 is 2.21 bits per heavy atom. The van der Waals surface area contributed by atoms with Gasteiger partial charge in [0.25, 0.3) is 0 Å². The first kappa shape index (κ1) is 24.7. The molecule has 9 nitrogen and oxygen atoms in total. The number of ether oxygens (including phenoxy) is 4. The molecule has 0 spiro atoms. The van der Waals surface area contributed by atoms with Crippen LogP contribution in [0.5, 0.6) is 0 Å². The zero-order valence-corrected chi connectivity index (χ0v) is 18.5. The second kappa shape index (κ2) is 12.9.